The molecule has 1 aromatic rings. The van der Waals surface area contributed by atoms with Gasteiger partial charge in [-0.2, -0.15) is 0 Å². The highest BCUT2D eigenvalue weighted by atomic mass is 16.1. The molecule has 1 aromatic carbocycles. The molecule has 1 heteroatoms. The van der Waals surface area contributed by atoms with Crippen LogP contribution >= 0.6 is 0 Å². The summed E-state index contributed by atoms with van der Waals surface area (Å²) in [5, 5.41) is 0. The number of Topliss-reactive ketones (excluding diaryl/α,β-unsaturated/α-hetero) is 1. The molecule has 3 rings (SSSR count). The van der Waals surface area contributed by atoms with E-state index in [9.17, 15) is 4.79 Å². The molecular formula is C19H24O. The zero-order chi connectivity index (χ0) is 13.8. The lowest BCUT2D eigenvalue weighted by Crippen LogP contribution is -2.08. The van der Waals surface area contributed by atoms with E-state index in [1.807, 2.05) is 0 Å². The number of carbonyl (C=O) groups excluding carboxylic acids is 1. The van der Waals surface area contributed by atoms with Crippen LogP contribution < -0.4 is 0 Å². The van der Waals surface area contributed by atoms with E-state index in [-0.39, 0.29) is 0 Å². The fraction of sp³-hybridized carbons (Fsp3) is 0.526. The van der Waals surface area contributed by atoms with Crippen LogP contribution in [-0.4, -0.2) is 5.78 Å². The summed E-state index contributed by atoms with van der Waals surface area (Å²) in [6.07, 6.45) is 12.9. The van der Waals surface area contributed by atoms with Crippen LogP contribution in [0.2, 0.25) is 0 Å². The van der Waals surface area contributed by atoms with Gasteiger partial charge in [-0.1, -0.05) is 43.5 Å². The topological polar surface area (TPSA) is 17.1 Å². The Morgan fingerprint density at radius 3 is 2.55 bits per heavy atom. The molecule has 0 unspecified atom stereocenters. The number of hydrogen-bond donors (Lipinski definition) is 0. The first-order valence-corrected chi connectivity index (χ1v) is 8.17. The van der Waals surface area contributed by atoms with Gasteiger partial charge in [0.1, 0.15) is 0 Å². The zero-order valence-electron chi connectivity index (χ0n) is 12.2. The number of ketones is 1. The second-order valence-electron chi connectivity index (χ2n) is 6.30. The molecule has 1 nitrogen and oxygen atoms in total. The van der Waals surface area contributed by atoms with Gasteiger partial charge in [-0.15, -0.1) is 0 Å². The maximum absolute atomic E-state index is 11.9. The lowest BCUT2D eigenvalue weighted by molar-refractivity contribution is -0.116. The van der Waals surface area contributed by atoms with Crippen LogP contribution in [0.15, 0.2) is 29.8 Å². The van der Waals surface area contributed by atoms with Gasteiger partial charge in [-0.25, -0.2) is 0 Å². The molecule has 2 saturated carbocycles. The van der Waals surface area contributed by atoms with Gasteiger partial charge in [0.2, 0.25) is 0 Å². The van der Waals surface area contributed by atoms with Gasteiger partial charge in [0, 0.05) is 6.42 Å². The minimum absolute atomic E-state index is 0.360. The molecule has 0 heterocycles. The van der Waals surface area contributed by atoms with E-state index < -0.39 is 0 Å². The normalized spacial score (nSPS) is 23.2. The van der Waals surface area contributed by atoms with E-state index in [1.54, 1.807) is 0 Å². The van der Waals surface area contributed by atoms with Gasteiger partial charge < -0.3 is 0 Å². The zero-order valence-corrected chi connectivity index (χ0v) is 12.2. The average molecular weight is 268 g/mol. The minimum Gasteiger partial charge on any atom is -0.295 e. The smallest absolute Gasteiger partial charge is 0.158 e. The van der Waals surface area contributed by atoms with Crippen LogP contribution in [0.3, 0.4) is 0 Å². The van der Waals surface area contributed by atoms with E-state index in [2.05, 4.69) is 30.3 Å². The van der Waals surface area contributed by atoms with Crippen molar-refractivity contribution in [2.45, 2.75) is 63.7 Å². The maximum Gasteiger partial charge on any atom is 0.158 e. The van der Waals surface area contributed by atoms with Gasteiger partial charge in [-0.05, 0) is 60.8 Å². The average Bonchev–Trinajstić information content (AvgIpc) is 2.51. The molecule has 0 amide bonds. The van der Waals surface area contributed by atoms with Crippen molar-refractivity contribution in [3.05, 3.63) is 41.0 Å². The van der Waals surface area contributed by atoms with Crippen LogP contribution in [0.1, 0.15) is 74.8 Å². The molecule has 0 aliphatic heterocycles. The summed E-state index contributed by atoms with van der Waals surface area (Å²) in [5.41, 5.74) is 3.73. The maximum atomic E-state index is 11.9. The Hall–Kier alpha value is -1.37. The summed E-state index contributed by atoms with van der Waals surface area (Å²) < 4.78 is 0. The summed E-state index contributed by atoms with van der Waals surface area (Å²) in [4.78, 5) is 11.9. The Labute approximate surface area is 122 Å². The van der Waals surface area contributed by atoms with Gasteiger partial charge >= 0.3 is 0 Å². The molecule has 0 saturated heterocycles. The van der Waals surface area contributed by atoms with Crippen LogP contribution in [0.25, 0.3) is 6.08 Å². The highest BCUT2D eigenvalue weighted by molar-refractivity contribution is 6.00. The predicted molar refractivity (Wildman–Crippen MR) is 83.7 cm³/mol. The fourth-order valence-electron chi connectivity index (χ4n) is 3.59. The molecule has 2 fully saturated rings. The predicted octanol–water partition coefficient (Wildman–Crippen LogP) is 5.26. The van der Waals surface area contributed by atoms with Crippen LogP contribution in [0, 0.1) is 0 Å². The van der Waals surface area contributed by atoms with Crippen LogP contribution in [0.4, 0.5) is 0 Å². The Bertz CT molecular complexity index is 506. The highest BCUT2D eigenvalue weighted by Gasteiger charge is 2.17. The van der Waals surface area contributed by atoms with Crippen molar-refractivity contribution < 1.29 is 4.79 Å². The Morgan fingerprint density at radius 1 is 0.950 bits per heavy atom. The van der Waals surface area contributed by atoms with Gasteiger partial charge in [0.05, 0.1) is 0 Å². The van der Waals surface area contributed by atoms with Crippen molar-refractivity contribution in [2.24, 2.45) is 0 Å². The Kier molecular flexibility index (Phi) is 4.34. The van der Waals surface area contributed by atoms with E-state index in [1.165, 1.54) is 49.7 Å². The van der Waals surface area contributed by atoms with Crippen molar-refractivity contribution in [2.75, 3.05) is 0 Å². The first-order valence-electron chi connectivity index (χ1n) is 8.17. The number of benzene rings is 1. The second kappa shape index (κ2) is 6.39. The van der Waals surface area contributed by atoms with E-state index in [0.717, 1.165) is 30.8 Å². The highest BCUT2D eigenvalue weighted by Crippen LogP contribution is 2.33. The number of carbonyl (C=O) groups is 1. The fourth-order valence-corrected chi connectivity index (χ4v) is 3.59. The van der Waals surface area contributed by atoms with E-state index in [4.69, 9.17) is 0 Å². The van der Waals surface area contributed by atoms with Gasteiger partial charge in [-0.3, -0.25) is 4.79 Å². The lowest BCUT2D eigenvalue weighted by atomic mass is 9.83. The van der Waals surface area contributed by atoms with Gasteiger partial charge in [0.25, 0.3) is 0 Å². The summed E-state index contributed by atoms with van der Waals surface area (Å²) in [6, 6.07) is 8.87. The van der Waals surface area contributed by atoms with Crippen molar-refractivity contribution in [3.8, 4) is 0 Å². The number of hydrogen-bond acceptors (Lipinski definition) is 1. The number of rotatable bonds is 2. The molecule has 106 valence electrons. The molecule has 2 aliphatic rings. The molecule has 0 aromatic heterocycles. The first-order chi connectivity index (χ1) is 9.83. The molecule has 0 bridgehead atoms. The molecule has 0 atom stereocenters. The second-order valence-corrected chi connectivity index (χ2v) is 6.30. The molecule has 0 radical (unpaired) electrons. The molecule has 2 aliphatic carbocycles. The summed E-state index contributed by atoms with van der Waals surface area (Å²) in [6.45, 7) is 0. The Balaban J connectivity index is 1.80. The van der Waals surface area contributed by atoms with Crippen molar-refractivity contribution in [1.82, 2.24) is 0 Å². The van der Waals surface area contributed by atoms with Gasteiger partial charge in [0.15, 0.2) is 5.78 Å². The lowest BCUT2D eigenvalue weighted by Gasteiger charge is -2.22. The summed E-state index contributed by atoms with van der Waals surface area (Å²) in [5.74, 6) is 1.10. The van der Waals surface area contributed by atoms with Crippen molar-refractivity contribution in [1.29, 1.82) is 0 Å². The third kappa shape index (κ3) is 3.20. The largest absolute Gasteiger partial charge is 0.295 e. The third-order valence-electron chi connectivity index (χ3n) is 4.79. The van der Waals surface area contributed by atoms with Crippen LogP contribution in [0.5, 0.6) is 0 Å². The minimum atomic E-state index is 0.360. The molecular weight excluding hydrogens is 244 g/mol. The SMILES string of the molecule is O=C1CCCC/C1=C\c1cccc(C2CCCCC2)c1. The third-order valence-corrected chi connectivity index (χ3v) is 4.79. The quantitative estimate of drug-likeness (QED) is 0.668. The monoisotopic (exact) mass is 268 g/mol. The molecule has 0 N–H and O–H groups in total. The van der Waals surface area contributed by atoms with E-state index in [0.29, 0.717) is 5.78 Å². The summed E-state index contributed by atoms with van der Waals surface area (Å²) in [7, 11) is 0. The Morgan fingerprint density at radius 2 is 1.75 bits per heavy atom. The van der Waals surface area contributed by atoms with Crippen molar-refractivity contribution in [3.63, 3.8) is 0 Å². The molecule has 20 heavy (non-hydrogen) atoms. The first kappa shape index (κ1) is 13.6. The van der Waals surface area contributed by atoms with Crippen LogP contribution in [-0.2, 0) is 4.79 Å². The molecule has 0 spiro atoms. The number of allylic oxidation sites excluding steroid dienone is 1. The van der Waals surface area contributed by atoms with Crippen molar-refractivity contribution >= 4 is 11.9 Å². The summed E-state index contributed by atoms with van der Waals surface area (Å²) >= 11 is 0. The van der Waals surface area contributed by atoms with E-state index >= 15 is 0 Å². The standard InChI is InChI=1S/C19H24O/c20-19-12-5-4-10-18(19)14-15-7-6-11-17(13-15)16-8-2-1-3-9-16/h6-7,11,13-14,16H,1-5,8-10,12H2/b18-14+.